The lowest BCUT2D eigenvalue weighted by Gasteiger charge is -2.09. The van der Waals surface area contributed by atoms with Crippen LogP contribution in [0.2, 0.25) is 0 Å². The van der Waals surface area contributed by atoms with Crippen LogP contribution in [0.25, 0.3) is 0 Å². The van der Waals surface area contributed by atoms with Crippen LogP contribution in [-0.2, 0) is 4.79 Å². The van der Waals surface area contributed by atoms with Crippen molar-refractivity contribution in [3.05, 3.63) is 0 Å². The highest BCUT2D eigenvalue weighted by molar-refractivity contribution is 5.76. The summed E-state index contributed by atoms with van der Waals surface area (Å²) < 4.78 is 0. The maximum absolute atomic E-state index is 11.1. The largest absolute Gasteiger partial charge is 0.479 e. The van der Waals surface area contributed by atoms with E-state index in [0.29, 0.717) is 6.54 Å². The van der Waals surface area contributed by atoms with Crippen molar-refractivity contribution in [2.24, 2.45) is 5.92 Å². The number of carbonyl (C=O) groups excluding carboxylic acids is 1. The number of rotatable bonds is 7. The van der Waals surface area contributed by atoms with Gasteiger partial charge in [0.2, 0.25) is 0 Å². The molecule has 0 aromatic rings. The second-order valence-corrected chi connectivity index (χ2v) is 4.08. The minimum atomic E-state index is -1.54. The summed E-state index contributed by atoms with van der Waals surface area (Å²) in [6.07, 6.45) is 3.14. The minimum Gasteiger partial charge on any atom is -0.479 e. The van der Waals surface area contributed by atoms with Gasteiger partial charge >= 0.3 is 12.0 Å². The van der Waals surface area contributed by atoms with Crippen LogP contribution in [0.4, 0.5) is 4.79 Å². The van der Waals surface area contributed by atoms with Crippen LogP contribution in [0.15, 0.2) is 0 Å². The number of carboxylic acids is 1. The molecule has 0 saturated heterocycles. The number of aliphatic carboxylic acids is 1. The summed E-state index contributed by atoms with van der Waals surface area (Å²) in [6, 6.07) is -0.434. The first-order valence-electron chi connectivity index (χ1n) is 5.52. The normalized spacial score (nSPS) is 16.6. The highest BCUT2D eigenvalue weighted by atomic mass is 16.4. The lowest BCUT2D eigenvalue weighted by molar-refractivity contribution is -0.146. The first-order valence-corrected chi connectivity index (χ1v) is 5.52. The Morgan fingerprint density at radius 3 is 2.56 bits per heavy atom. The Hall–Kier alpha value is -1.30. The van der Waals surface area contributed by atoms with Crippen LogP contribution in [0.5, 0.6) is 0 Å². The van der Waals surface area contributed by atoms with Crippen LogP contribution in [0.3, 0.4) is 0 Å². The van der Waals surface area contributed by atoms with Gasteiger partial charge in [-0.1, -0.05) is 12.8 Å². The SMILES string of the molecule is O=C(NCCCC1CC1)NC[C@H](O)C(=O)O. The van der Waals surface area contributed by atoms with E-state index < -0.39 is 18.1 Å². The molecule has 0 radical (unpaired) electrons. The highest BCUT2D eigenvalue weighted by Gasteiger charge is 2.20. The number of hydrogen-bond donors (Lipinski definition) is 4. The van der Waals surface area contributed by atoms with E-state index in [4.69, 9.17) is 10.2 Å². The maximum Gasteiger partial charge on any atom is 0.334 e. The first kappa shape index (κ1) is 12.8. The Morgan fingerprint density at radius 2 is 2.00 bits per heavy atom. The van der Waals surface area contributed by atoms with Gasteiger partial charge in [0.1, 0.15) is 0 Å². The van der Waals surface area contributed by atoms with E-state index in [9.17, 15) is 9.59 Å². The van der Waals surface area contributed by atoms with Crippen LogP contribution >= 0.6 is 0 Å². The molecule has 1 aliphatic rings. The summed E-state index contributed by atoms with van der Waals surface area (Å²) in [4.78, 5) is 21.3. The molecule has 0 heterocycles. The van der Waals surface area contributed by atoms with E-state index in [1.165, 1.54) is 12.8 Å². The van der Waals surface area contributed by atoms with E-state index in [1.807, 2.05) is 0 Å². The van der Waals surface area contributed by atoms with E-state index >= 15 is 0 Å². The number of aliphatic hydroxyl groups is 1. The summed E-state index contributed by atoms with van der Waals surface area (Å²) in [5.74, 6) is -0.493. The molecule has 1 rings (SSSR count). The standard InChI is InChI=1S/C10H18N2O4/c13-8(9(14)15)6-12-10(16)11-5-1-2-7-3-4-7/h7-8,13H,1-6H2,(H,14,15)(H2,11,12,16)/t8-/m0/s1. The number of hydrogen-bond acceptors (Lipinski definition) is 3. The van der Waals surface area contributed by atoms with Gasteiger partial charge in [-0.05, 0) is 18.8 Å². The van der Waals surface area contributed by atoms with Crippen LogP contribution in [0.1, 0.15) is 25.7 Å². The molecule has 6 nitrogen and oxygen atoms in total. The van der Waals surface area contributed by atoms with Crippen LogP contribution < -0.4 is 10.6 Å². The molecule has 0 spiro atoms. The number of carboxylic acid groups (broad SMARTS) is 1. The number of amides is 2. The summed E-state index contributed by atoms with van der Waals surface area (Å²) in [5.41, 5.74) is 0. The smallest absolute Gasteiger partial charge is 0.334 e. The number of carbonyl (C=O) groups is 2. The van der Waals surface area contributed by atoms with E-state index in [0.717, 1.165) is 18.8 Å². The molecular weight excluding hydrogens is 212 g/mol. The number of urea groups is 1. The average Bonchev–Trinajstić information content (AvgIpc) is 3.04. The van der Waals surface area contributed by atoms with Gasteiger partial charge in [0, 0.05) is 6.54 Å². The summed E-state index contributed by atoms with van der Waals surface area (Å²) in [5, 5.41) is 22.1. The van der Waals surface area contributed by atoms with Gasteiger partial charge in [-0.15, -0.1) is 0 Å². The molecule has 6 heteroatoms. The summed E-state index contributed by atoms with van der Waals surface area (Å²) >= 11 is 0. The third-order valence-corrected chi connectivity index (χ3v) is 2.51. The molecule has 16 heavy (non-hydrogen) atoms. The fourth-order valence-electron chi connectivity index (χ4n) is 1.34. The van der Waals surface area contributed by atoms with E-state index in [1.54, 1.807) is 0 Å². The Bertz CT molecular complexity index is 253. The first-order chi connectivity index (χ1) is 7.59. The predicted molar refractivity (Wildman–Crippen MR) is 57.0 cm³/mol. The molecule has 4 N–H and O–H groups in total. The van der Waals surface area contributed by atoms with Crippen molar-refractivity contribution in [2.45, 2.75) is 31.8 Å². The Morgan fingerprint density at radius 1 is 1.31 bits per heavy atom. The van der Waals surface area contributed by atoms with Crippen molar-refractivity contribution in [3.63, 3.8) is 0 Å². The topological polar surface area (TPSA) is 98.7 Å². The lowest BCUT2D eigenvalue weighted by atomic mass is 10.2. The van der Waals surface area contributed by atoms with Crippen LogP contribution in [0, 0.1) is 5.92 Å². The zero-order valence-electron chi connectivity index (χ0n) is 9.11. The predicted octanol–water partition coefficient (Wildman–Crippen LogP) is -0.0787. The van der Waals surface area contributed by atoms with Crippen molar-refractivity contribution in [3.8, 4) is 0 Å². The van der Waals surface area contributed by atoms with Gasteiger partial charge in [-0.25, -0.2) is 9.59 Å². The lowest BCUT2D eigenvalue weighted by Crippen LogP contribution is -2.42. The zero-order valence-corrected chi connectivity index (χ0v) is 9.11. The molecular formula is C10H18N2O4. The van der Waals surface area contributed by atoms with Crippen molar-refractivity contribution < 1.29 is 19.8 Å². The van der Waals surface area contributed by atoms with Crippen molar-refractivity contribution in [1.82, 2.24) is 10.6 Å². The third-order valence-electron chi connectivity index (χ3n) is 2.51. The van der Waals surface area contributed by atoms with E-state index in [2.05, 4.69) is 10.6 Å². The second kappa shape index (κ2) is 6.32. The van der Waals surface area contributed by atoms with E-state index in [-0.39, 0.29) is 6.54 Å². The zero-order chi connectivity index (χ0) is 12.0. The van der Waals surface area contributed by atoms with Gasteiger partial charge in [-0.3, -0.25) is 0 Å². The monoisotopic (exact) mass is 230 g/mol. The summed E-state index contributed by atoms with van der Waals surface area (Å²) in [7, 11) is 0. The van der Waals surface area contributed by atoms with Crippen molar-refractivity contribution >= 4 is 12.0 Å². The highest BCUT2D eigenvalue weighted by Crippen LogP contribution is 2.33. The molecule has 2 amide bonds. The van der Waals surface area contributed by atoms with Crippen LogP contribution in [-0.4, -0.2) is 41.4 Å². The van der Waals surface area contributed by atoms with Crippen molar-refractivity contribution in [1.29, 1.82) is 0 Å². The van der Waals surface area contributed by atoms with Gasteiger partial charge in [0.25, 0.3) is 0 Å². The van der Waals surface area contributed by atoms with Gasteiger partial charge < -0.3 is 20.8 Å². The van der Waals surface area contributed by atoms with Gasteiger partial charge in [-0.2, -0.15) is 0 Å². The molecule has 1 atom stereocenters. The molecule has 92 valence electrons. The molecule has 0 unspecified atom stereocenters. The van der Waals surface area contributed by atoms with Crippen molar-refractivity contribution in [2.75, 3.05) is 13.1 Å². The molecule has 0 bridgehead atoms. The molecule has 0 aromatic carbocycles. The Balaban J connectivity index is 1.94. The second-order valence-electron chi connectivity index (χ2n) is 4.08. The molecule has 1 fully saturated rings. The molecule has 1 saturated carbocycles. The quantitative estimate of drug-likeness (QED) is 0.460. The number of nitrogens with one attached hydrogen (secondary N) is 2. The average molecular weight is 230 g/mol. The molecule has 1 aliphatic carbocycles. The molecule has 0 aromatic heterocycles. The fourth-order valence-corrected chi connectivity index (χ4v) is 1.34. The fraction of sp³-hybridized carbons (Fsp3) is 0.800. The Kier molecular flexibility index (Phi) is 5.04. The Labute approximate surface area is 94.0 Å². The van der Waals surface area contributed by atoms with Gasteiger partial charge in [0.15, 0.2) is 6.10 Å². The maximum atomic E-state index is 11.1. The summed E-state index contributed by atoms with van der Waals surface area (Å²) in [6.45, 7) is 0.315. The van der Waals surface area contributed by atoms with Gasteiger partial charge in [0.05, 0.1) is 6.54 Å². The molecule has 0 aliphatic heterocycles. The third kappa shape index (κ3) is 5.55. The minimum absolute atomic E-state index is 0.274. The number of aliphatic hydroxyl groups excluding tert-OH is 1.